The maximum Gasteiger partial charge on any atom is 0.254 e. The van der Waals surface area contributed by atoms with Crippen LogP contribution >= 0.6 is 0 Å². The molecule has 132 valence electrons. The molecule has 0 spiro atoms. The first-order chi connectivity index (χ1) is 12.0. The Balaban J connectivity index is 1.85. The molecule has 0 bridgehead atoms. The molecule has 1 N–H and O–H groups in total. The van der Waals surface area contributed by atoms with Crippen molar-refractivity contribution in [3.63, 3.8) is 0 Å². The van der Waals surface area contributed by atoms with Crippen molar-refractivity contribution in [2.24, 2.45) is 0 Å². The fraction of sp³-hybridized carbons (Fsp3) is 0.316. The molecule has 6 heteroatoms. The monoisotopic (exact) mass is 358 g/mol. The van der Waals surface area contributed by atoms with Crippen LogP contribution in [0.3, 0.4) is 0 Å². The Labute approximate surface area is 148 Å². The zero-order valence-corrected chi connectivity index (χ0v) is 15.0. The lowest BCUT2D eigenvalue weighted by Crippen LogP contribution is -2.33. The Bertz CT molecular complexity index is 846. The first-order valence-electron chi connectivity index (χ1n) is 8.46. The lowest BCUT2D eigenvalue weighted by Gasteiger charge is -2.23. The van der Waals surface area contributed by atoms with Crippen molar-refractivity contribution >= 4 is 15.9 Å². The summed E-state index contributed by atoms with van der Waals surface area (Å²) < 4.78 is 26.8. The Hall–Kier alpha value is -2.18. The standard InChI is InChI=1S/C19H22N2O3S/c1-2-20-25(23,24)18-10-6-9-16(13-18)19(22)21(17-11-12-17)14-15-7-4-3-5-8-15/h3-10,13,17,20H,2,11-12,14H2,1H3. The van der Waals surface area contributed by atoms with Crippen LogP contribution in [0.25, 0.3) is 0 Å². The predicted molar refractivity (Wildman–Crippen MR) is 96.6 cm³/mol. The Morgan fingerprint density at radius 3 is 2.48 bits per heavy atom. The molecule has 2 aromatic carbocycles. The molecular formula is C19H22N2O3S. The van der Waals surface area contributed by atoms with Gasteiger partial charge in [-0.1, -0.05) is 43.3 Å². The topological polar surface area (TPSA) is 66.5 Å². The third-order valence-corrected chi connectivity index (χ3v) is 5.71. The van der Waals surface area contributed by atoms with E-state index >= 15 is 0 Å². The maximum atomic E-state index is 13.0. The molecule has 3 rings (SSSR count). The summed E-state index contributed by atoms with van der Waals surface area (Å²) in [7, 11) is -3.58. The number of benzene rings is 2. The van der Waals surface area contributed by atoms with E-state index in [9.17, 15) is 13.2 Å². The fourth-order valence-electron chi connectivity index (χ4n) is 2.77. The van der Waals surface area contributed by atoms with Crippen LogP contribution in [0.4, 0.5) is 0 Å². The quantitative estimate of drug-likeness (QED) is 0.828. The van der Waals surface area contributed by atoms with Crippen molar-refractivity contribution in [2.45, 2.75) is 37.2 Å². The van der Waals surface area contributed by atoms with Gasteiger partial charge in [-0.3, -0.25) is 4.79 Å². The van der Waals surface area contributed by atoms with Crippen LogP contribution in [0.15, 0.2) is 59.5 Å². The van der Waals surface area contributed by atoms with Gasteiger partial charge in [-0.25, -0.2) is 13.1 Å². The SMILES string of the molecule is CCNS(=O)(=O)c1cccc(C(=O)N(Cc2ccccc2)C2CC2)c1. The minimum absolute atomic E-state index is 0.121. The lowest BCUT2D eigenvalue weighted by molar-refractivity contribution is 0.0729. The van der Waals surface area contributed by atoms with E-state index < -0.39 is 10.0 Å². The van der Waals surface area contributed by atoms with Gasteiger partial charge in [0.25, 0.3) is 5.91 Å². The minimum atomic E-state index is -3.58. The van der Waals surface area contributed by atoms with E-state index in [4.69, 9.17) is 0 Å². The van der Waals surface area contributed by atoms with Crippen molar-refractivity contribution in [3.05, 3.63) is 65.7 Å². The molecule has 1 amide bonds. The number of hydrogen-bond donors (Lipinski definition) is 1. The molecule has 0 aromatic heterocycles. The first kappa shape index (κ1) is 17.6. The zero-order valence-electron chi connectivity index (χ0n) is 14.2. The van der Waals surface area contributed by atoms with Gasteiger partial charge >= 0.3 is 0 Å². The summed E-state index contributed by atoms with van der Waals surface area (Å²) in [5.74, 6) is -0.125. The minimum Gasteiger partial charge on any atom is -0.331 e. The smallest absolute Gasteiger partial charge is 0.254 e. The van der Waals surface area contributed by atoms with Gasteiger partial charge in [0, 0.05) is 24.7 Å². The van der Waals surface area contributed by atoms with E-state index in [1.165, 1.54) is 12.1 Å². The lowest BCUT2D eigenvalue weighted by atomic mass is 10.1. The van der Waals surface area contributed by atoms with Crippen LogP contribution in [0.1, 0.15) is 35.7 Å². The molecular weight excluding hydrogens is 336 g/mol. The fourth-order valence-corrected chi connectivity index (χ4v) is 3.86. The molecule has 1 saturated carbocycles. The van der Waals surface area contributed by atoms with Crippen LogP contribution in [0, 0.1) is 0 Å². The second-order valence-electron chi connectivity index (χ2n) is 6.18. The largest absolute Gasteiger partial charge is 0.331 e. The van der Waals surface area contributed by atoms with E-state index in [2.05, 4.69) is 4.72 Å². The molecule has 0 radical (unpaired) electrons. The summed E-state index contributed by atoms with van der Waals surface area (Å²) in [4.78, 5) is 14.9. The van der Waals surface area contributed by atoms with Crippen LogP contribution in [-0.4, -0.2) is 31.8 Å². The van der Waals surface area contributed by atoms with Crippen molar-refractivity contribution in [3.8, 4) is 0 Å². The van der Waals surface area contributed by atoms with Crippen LogP contribution in [0.5, 0.6) is 0 Å². The average molecular weight is 358 g/mol. The summed E-state index contributed by atoms with van der Waals surface area (Å²) in [5.41, 5.74) is 1.47. The van der Waals surface area contributed by atoms with E-state index in [1.807, 2.05) is 35.2 Å². The second-order valence-corrected chi connectivity index (χ2v) is 7.95. The zero-order chi connectivity index (χ0) is 17.9. The number of amides is 1. The predicted octanol–water partition coefficient (Wildman–Crippen LogP) is 2.79. The van der Waals surface area contributed by atoms with Crippen LogP contribution in [-0.2, 0) is 16.6 Å². The average Bonchev–Trinajstić information content (AvgIpc) is 3.45. The molecule has 0 heterocycles. The summed E-state index contributed by atoms with van der Waals surface area (Å²) in [6.45, 7) is 2.57. The molecule has 1 fully saturated rings. The highest BCUT2D eigenvalue weighted by Crippen LogP contribution is 2.30. The van der Waals surface area contributed by atoms with E-state index in [0.29, 0.717) is 18.7 Å². The summed E-state index contributed by atoms with van der Waals surface area (Å²) in [6.07, 6.45) is 1.99. The molecule has 0 saturated heterocycles. The number of carbonyl (C=O) groups is 1. The highest BCUT2D eigenvalue weighted by Gasteiger charge is 2.33. The molecule has 0 atom stereocenters. The third-order valence-electron chi connectivity index (χ3n) is 4.17. The highest BCUT2D eigenvalue weighted by molar-refractivity contribution is 7.89. The summed E-state index contributed by atoms with van der Waals surface area (Å²) in [5, 5.41) is 0. The van der Waals surface area contributed by atoms with E-state index in [-0.39, 0.29) is 16.8 Å². The molecule has 25 heavy (non-hydrogen) atoms. The van der Waals surface area contributed by atoms with Crippen molar-refractivity contribution < 1.29 is 13.2 Å². The van der Waals surface area contributed by atoms with Gasteiger partial charge in [0.2, 0.25) is 10.0 Å². The van der Waals surface area contributed by atoms with Gasteiger partial charge in [-0.2, -0.15) is 0 Å². The van der Waals surface area contributed by atoms with E-state index in [1.54, 1.807) is 19.1 Å². The summed E-state index contributed by atoms with van der Waals surface area (Å²) in [6, 6.07) is 16.3. The number of nitrogens with one attached hydrogen (secondary N) is 1. The Morgan fingerprint density at radius 1 is 1.12 bits per heavy atom. The number of rotatable bonds is 7. The maximum absolute atomic E-state index is 13.0. The molecule has 1 aliphatic carbocycles. The normalized spacial score (nSPS) is 14.3. The highest BCUT2D eigenvalue weighted by atomic mass is 32.2. The third kappa shape index (κ3) is 4.27. The number of sulfonamides is 1. The van der Waals surface area contributed by atoms with Crippen molar-refractivity contribution in [2.75, 3.05) is 6.54 Å². The second kappa shape index (κ2) is 7.37. The van der Waals surface area contributed by atoms with Gasteiger partial charge in [0.15, 0.2) is 0 Å². The van der Waals surface area contributed by atoms with Crippen LogP contribution in [0.2, 0.25) is 0 Å². The van der Waals surface area contributed by atoms with Gasteiger partial charge in [0.1, 0.15) is 0 Å². The number of hydrogen-bond acceptors (Lipinski definition) is 3. The molecule has 5 nitrogen and oxygen atoms in total. The number of carbonyl (C=O) groups excluding carboxylic acids is 1. The van der Waals surface area contributed by atoms with Crippen molar-refractivity contribution in [1.82, 2.24) is 9.62 Å². The van der Waals surface area contributed by atoms with Crippen molar-refractivity contribution in [1.29, 1.82) is 0 Å². The molecule has 0 unspecified atom stereocenters. The van der Waals surface area contributed by atoms with Gasteiger partial charge < -0.3 is 4.90 Å². The van der Waals surface area contributed by atoms with E-state index in [0.717, 1.165) is 18.4 Å². The first-order valence-corrected chi connectivity index (χ1v) is 9.94. The van der Waals surface area contributed by atoms with Gasteiger partial charge in [0.05, 0.1) is 4.90 Å². The van der Waals surface area contributed by atoms with Crippen LogP contribution < -0.4 is 4.72 Å². The molecule has 1 aliphatic rings. The van der Waals surface area contributed by atoms with Gasteiger partial charge in [-0.15, -0.1) is 0 Å². The molecule has 2 aromatic rings. The Morgan fingerprint density at radius 2 is 1.84 bits per heavy atom. The van der Waals surface area contributed by atoms with Gasteiger partial charge in [-0.05, 0) is 36.6 Å². The number of nitrogens with zero attached hydrogens (tertiary/aromatic N) is 1. The Kier molecular flexibility index (Phi) is 5.20. The molecule has 0 aliphatic heterocycles. The summed E-state index contributed by atoms with van der Waals surface area (Å²) >= 11 is 0.